The average molecular weight is 426 g/mol. The van der Waals surface area contributed by atoms with Gasteiger partial charge in [-0.15, -0.1) is 0 Å². The van der Waals surface area contributed by atoms with Crippen molar-refractivity contribution in [3.8, 4) is 0 Å². The van der Waals surface area contributed by atoms with Crippen molar-refractivity contribution in [2.75, 3.05) is 17.7 Å². The number of nitrogens with one attached hydrogen (secondary N) is 3. The van der Waals surface area contributed by atoms with Crippen molar-refractivity contribution in [3.63, 3.8) is 0 Å². The molecule has 1 heterocycles. The highest BCUT2D eigenvalue weighted by molar-refractivity contribution is 6.09. The predicted molar refractivity (Wildman–Crippen MR) is 128 cm³/mol. The van der Waals surface area contributed by atoms with Crippen molar-refractivity contribution in [1.82, 2.24) is 9.97 Å². The molecule has 0 aliphatic rings. The summed E-state index contributed by atoms with van der Waals surface area (Å²) in [6, 6.07) is 5.00. The number of hydrogen-bond acceptors (Lipinski definition) is 7. The van der Waals surface area contributed by atoms with Crippen LogP contribution in [0.15, 0.2) is 35.6 Å². The lowest BCUT2D eigenvalue weighted by Crippen LogP contribution is -2.22. The lowest BCUT2D eigenvalue weighted by Gasteiger charge is -2.20. The third-order valence-corrected chi connectivity index (χ3v) is 4.79. The highest BCUT2D eigenvalue weighted by Crippen LogP contribution is 2.24. The second-order valence-electron chi connectivity index (χ2n) is 7.33. The van der Waals surface area contributed by atoms with E-state index in [9.17, 15) is 4.39 Å². The number of aromatic nitrogens is 2. The molecule has 2 rings (SSSR count). The molecule has 0 unspecified atom stereocenters. The minimum absolute atomic E-state index is 0.272. The molecule has 7 nitrogen and oxygen atoms in total. The first-order valence-electron chi connectivity index (χ1n) is 10.5. The number of benzene rings is 1. The fourth-order valence-corrected chi connectivity index (χ4v) is 3.30. The molecule has 0 saturated heterocycles. The third-order valence-electron chi connectivity index (χ3n) is 4.79. The van der Waals surface area contributed by atoms with Gasteiger partial charge >= 0.3 is 0 Å². The highest BCUT2D eigenvalue weighted by Gasteiger charge is 2.15. The van der Waals surface area contributed by atoms with Crippen LogP contribution < -0.4 is 16.4 Å². The number of halogens is 1. The third kappa shape index (κ3) is 6.60. The van der Waals surface area contributed by atoms with Crippen LogP contribution in [0.4, 0.5) is 21.8 Å². The molecule has 5 N–H and O–H groups in total. The maximum absolute atomic E-state index is 14.6. The Labute approximate surface area is 183 Å². The van der Waals surface area contributed by atoms with Crippen LogP contribution in [0.5, 0.6) is 0 Å². The SMILES string of the molecule is CCCC(CCC)Nc1nc(Nc2ccc(/C(C=NC)=C/N)c(F)c2)ncc1C(C)=N. The van der Waals surface area contributed by atoms with E-state index in [1.165, 1.54) is 18.5 Å². The molecule has 1 aromatic carbocycles. The van der Waals surface area contributed by atoms with Crippen LogP contribution in [0.25, 0.3) is 5.57 Å². The number of nitrogens with two attached hydrogens (primary N) is 1. The zero-order chi connectivity index (χ0) is 22.8. The summed E-state index contributed by atoms with van der Waals surface area (Å²) in [5.74, 6) is 0.510. The zero-order valence-corrected chi connectivity index (χ0v) is 18.7. The number of rotatable bonds is 11. The van der Waals surface area contributed by atoms with Gasteiger partial charge in [0.05, 0.1) is 5.56 Å². The van der Waals surface area contributed by atoms with E-state index in [2.05, 4.69) is 39.4 Å². The van der Waals surface area contributed by atoms with Gasteiger partial charge in [0.15, 0.2) is 0 Å². The molecule has 0 aliphatic carbocycles. The van der Waals surface area contributed by atoms with Gasteiger partial charge in [0.1, 0.15) is 11.6 Å². The standard InChI is InChI=1S/C23H32FN7/c1-5-7-17(8-6-2)29-22-20(15(3)26)14-28-23(31-22)30-18-9-10-19(21(24)11-18)16(12-25)13-27-4/h9-14,17,26H,5-8,25H2,1-4H3,(H2,28,29,30,31)/b16-12+,26-15?,27-13?. The van der Waals surface area contributed by atoms with E-state index in [0.717, 1.165) is 25.7 Å². The highest BCUT2D eigenvalue weighted by atomic mass is 19.1. The minimum atomic E-state index is -0.433. The largest absolute Gasteiger partial charge is 0.404 e. The molecule has 0 saturated carbocycles. The van der Waals surface area contributed by atoms with Crippen molar-refractivity contribution in [3.05, 3.63) is 47.5 Å². The van der Waals surface area contributed by atoms with Crippen LogP contribution in [0.3, 0.4) is 0 Å². The average Bonchev–Trinajstić information content (AvgIpc) is 2.73. The summed E-state index contributed by atoms with van der Waals surface area (Å²) in [7, 11) is 1.60. The summed E-state index contributed by atoms with van der Waals surface area (Å²) in [6.07, 6.45) is 8.59. The van der Waals surface area contributed by atoms with Crippen molar-refractivity contribution < 1.29 is 4.39 Å². The second kappa shape index (κ2) is 11.8. The number of nitrogens with zero attached hydrogens (tertiary/aromatic N) is 3. The number of aliphatic imine (C=N–C) groups is 1. The van der Waals surface area contributed by atoms with Crippen molar-refractivity contribution in [1.29, 1.82) is 5.41 Å². The fourth-order valence-electron chi connectivity index (χ4n) is 3.30. The Morgan fingerprint density at radius 1 is 1.26 bits per heavy atom. The van der Waals surface area contributed by atoms with Crippen molar-refractivity contribution in [2.45, 2.75) is 52.5 Å². The lowest BCUT2D eigenvalue weighted by atomic mass is 10.1. The molecule has 1 aromatic heterocycles. The molecular formula is C23H32FN7. The van der Waals surface area contributed by atoms with Crippen LogP contribution in [0.2, 0.25) is 0 Å². The van der Waals surface area contributed by atoms with E-state index in [-0.39, 0.29) is 6.04 Å². The van der Waals surface area contributed by atoms with Crippen LogP contribution >= 0.6 is 0 Å². The summed E-state index contributed by atoms with van der Waals surface area (Å²) in [5.41, 5.74) is 7.98. The molecule has 0 atom stereocenters. The fraction of sp³-hybridized carbons (Fsp3) is 0.391. The first-order chi connectivity index (χ1) is 14.9. The molecule has 166 valence electrons. The zero-order valence-electron chi connectivity index (χ0n) is 18.7. The summed E-state index contributed by atoms with van der Waals surface area (Å²) in [5, 5.41) is 14.6. The Morgan fingerprint density at radius 2 is 1.97 bits per heavy atom. The summed E-state index contributed by atoms with van der Waals surface area (Å²) in [6.45, 7) is 6.01. The molecule has 0 bridgehead atoms. The van der Waals surface area contributed by atoms with E-state index in [1.807, 2.05) is 0 Å². The number of hydrogen-bond donors (Lipinski definition) is 4. The van der Waals surface area contributed by atoms with E-state index < -0.39 is 5.82 Å². The molecule has 2 aromatic rings. The molecule has 0 spiro atoms. The van der Waals surface area contributed by atoms with Crippen molar-refractivity contribution in [2.24, 2.45) is 10.7 Å². The lowest BCUT2D eigenvalue weighted by molar-refractivity contribution is 0.584. The van der Waals surface area contributed by atoms with Gasteiger partial charge in [-0.2, -0.15) is 4.98 Å². The molecule has 31 heavy (non-hydrogen) atoms. The minimum Gasteiger partial charge on any atom is -0.404 e. The Bertz CT molecular complexity index is 947. The van der Waals surface area contributed by atoms with E-state index in [1.54, 1.807) is 32.3 Å². The quantitative estimate of drug-likeness (QED) is 0.373. The van der Waals surface area contributed by atoms with Gasteiger partial charge in [0.25, 0.3) is 0 Å². The molecular weight excluding hydrogens is 393 g/mol. The second-order valence-corrected chi connectivity index (χ2v) is 7.33. The summed E-state index contributed by atoms with van der Waals surface area (Å²) < 4.78 is 14.6. The predicted octanol–water partition coefficient (Wildman–Crippen LogP) is 5.13. The van der Waals surface area contributed by atoms with Crippen molar-refractivity contribution >= 4 is 35.0 Å². The number of anilines is 3. The summed E-state index contributed by atoms with van der Waals surface area (Å²) >= 11 is 0. The van der Waals surface area contributed by atoms with Gasteiger partial charge < -0.3 is 21.8 Å². The Balaban J connectivity index is 2.31. The Hall–Kier alpha value is -3.29. The molecule has 0 amide bonds. The van der Waals surface area contributed by atoms with Crippen LogP contribution in [-0.4, -0.2) is 35.0 Å². The normalized spacial score (nSPS) is 11.9. The maximum atomic E-state index is 14.6. The van der Waals surface area contributed by atoms with Crippen LogP contribution in [0.1, 0.15) is 57.6 Å². The van der Waals surface area contributed by atoms with Gasteiger partial charge in [0.2, 0.25) is 5.95 Å². The Morgan fingerprint density at radius 3 is 2.52 bits per heavy atom. The molecule has 0 fully saturated rings. The van der Waals surface area contributed by atoms with Crippen LogP contribution in [0, 0.1) is 11.2 Å². The molecule has 0 radical (unpaired) electrons. The molecule has 8 heteroatoms. The van der Waals surface area contributed by atoms with E-state index in [0.29, 0.717) is 39.9 Å². The van der Waals surface area contributed by atoms with E-state index >= 15 is 0 Å². The van der Waals surface area contributed by atoms with E-state index in [4.69, 9.17) is 11.1 Å². The maximum Gasteiger partial charge on any atom is 0.229 e. The first-order valence-corrected chi connectivity index (χ1v) is 10.5. The van der Waals surface area contributed by atoms with Crippen LogP contribution in [-0.2, 0) is 0 Å². The molecule has 0 aliphatic heterocycles. The van der Waals surface area contributed by atoms with Gasteiger partial charge in [-0.3, -0.25) is 4.99 Å². The Kier molecular flexibility index (Phi) is 9.12. The van der Waals surface area contributed by atoms with Gasteiger partial charge in [-0.1, -0.05) is 26.7 Å². The van der Waals surface area contributed by atoms with Gasteiger partial charge in [0, 0.05) is 54.2 Å². The number of allylic oxidation sites excluding steroid dienone is 1. The smallest absolute Gasteiger partial charge is 0.229 e. The van der Waals surface area contributed by atoms with Gasteiger partial charge in [-0.25, -0.2) is 9.37 Å². The van der Waals surface area contributed by atoms with Gasteiger partial charge in [-0.05, 0) is 38.0 Å². The first kappa shape index (κ1) is 24.0. The summed E-state index contributed by atoms with van der Waals surface area (Å²) in [4.78, 5) is 12.8. The monoisotopic (exact) mass is 425 g/mol. The topological polar surface area (TPSA) is 112 Å².